The van der Waals surface area contributed by atoms with Crippen LogP contribution in [0.15, 0.2) is 18.2 Å². The maximum atomic E-state index is 12.1. The van der Waals surface area contributed by atoms with Crippen LogP contribution < -0.4 is 10.5 Å². The van der Waals surface area contributed by atoms with Crippen molar-refractivity contribution in [3.63, 3.8) is 0 Å². The van der Waals surface area contributed by atoms with Crippen LogP contribution in [0.3, 0.4) is 0 Å². The number of hydrogen-bond acceptors (Lipinski definition) is 4. The van der Waals surface area contributed by atoms with E-state index in [1.807, 2.05) is 11.0 Å². The van der Waals surface area contributed by atoms with Crippen LogP contribution in [0.2, 0.25) is 0 Å². The quantitative estimate of drug-likeness (QED) is 0.898. The topological polar surface area (TPSA) is 64.8 Å². The maximum Gasteiger partial charge on any atom is 0.241 e. The summed E-state index contributed by atoms with van der Waals surface area (Å²) in [5.74, 6) is 0.871. The van der Waals surface area contributed by atoms with Gasteiger partial charge in [-0.3, -0.25) is 4.79 Å². The van der Waals surface area contributed by atoms with Gasteiger partial charge in [0, 0.05) is 33.0 Å². The molecule has 1 amide bonds. The monoisotopic (exact) mass is 306 g/mol. The largest absolute Gasteiger partial charge is 0.490 e. The molecule has 0 saturated carbocycles. The molecular formula is C17H26N2O3. The number of nitrogens with two attached hydrogens (primary N) is 1. The summed E-state index contributed by atoms with van der Waals surface area (Å²) in [7, 11) is 1.55. The number of benzene rings is 1. The highest BCUT2D eigenvalue weighted by molar-refractivity contribution is 5.81. The van der Waals surface area contributed by atoms with Crippen LogP contribution in [0, 0.1) is 13.8 Å². The third-order valence-electron chi connectivity index (χ3n) is 4.20. The predicted octanol–water partition coefficient (Wildman–Crippen LogP) is 1.65. The van der Waals surface area contributed by atoms with Crippen molar-refractivity contribution < 1.29 is 14.3 Å². The number of nitrogens with zero attached hydrogens (tertiary/aromatic N) is 1. The normalized spacial score (nSPS) is 17.4. The van der Waals surface area contributed by atoms with Gasteiger partial charge in [0.25, 0.3) is 0 Å². The van der Waals surface area contributed by atoms with Crippen molar-refractivity contribution in [1.29, 1.82) is 0 Å². The summed E-state index contributed by atoms with van der Waals surface area (Å²) in [5, 5.41) is 0. The predicted molar refractivity (Wildman–Crippen MR) is 86.0 cm³/mol. The van der Waals surface area contributed by atoms with E-state index in [-0.39, 0.29) is 18.6 Å². The zero-order valence-electron chi connectivity index (χ0n) is 13.7. The fraction of sp³-hybridized carbons (Fsp3) is 0.588. The van der Waals surface area contributed by atoms with Gasteiger partial charge in [0.2, 0.25) is 5.91 Å². The van der Waals surface area contributed by atoms with Crippen molar-refractivity contribution in [1.82, 2.24) is 4.90 Å². The molecule has 122 valence electrons. The zero-order chi connectivity index (χ0) is 16.1. The van der Waals surface area contributed by atoms with Crippen LogP contribution in [0.5, 0.6) is 5.75 Å². The summed E-state index contributed by atoms with van der Waals surface area (Å²) >= 11 is 0. The van der Waals surface area contributed by atoms with Crippen molar-refractivity contribution in [3.05, 3.63) is 29.3 Å². The number of aryl methyl sites for hydroxylation is 2. The Morgan fingerprint density at radius 1 is 1.32 bits per heavy atom. The lowest BCUT2D eigenvalue weighted by atomic mass is 10.1. The first-order chi connectivity index (χ1) is 10.5. The van der Waals surface area contributed by atoms with E-state index < -0.39 is 6.04 Å². The Morgan fingerprint density at radius 3 is 2.59 bits per heavy atom. The van der Waals surface area contributed by atoms with E-state index in [0.717, 1.165) is 18.6 Å². The summed E-state index contributed by atoms with van der Waals surface area (Å²) in [6.07, 6.45) is 1.82. The Bertz CT molecular complexity index is 511. The molecule has 2 rings (SSSR count). The molecule has 1 aliphatic heterocycles. The number of ether oxygens (including phenoxy) is 2. The molecule has 1 saturated heterocycles. The minimum Gasteiger partial charge on any atom is -0.490 e. The Balaban J connectivity index is 1.84. The Hall–Kier alpha value is -1.59. The van der Waals surface area contributed by atoms with E-state index in [1.165, 1.54) is 11.1 Å². The van der Waals surface area contributed by atoms with Crippen molar-refractivity contribution in [2.45, 2.75) is 38.8 Å². The van der Waals surface area contributed by atoms with Crippen molar-refractivity contribution in [3.8, 4) is 5.75 Å². The van der Waals surface area contributed by atoms with Gasteiger partial charge in [-0.1, -0.05) is 6.07 Å². The van der Waals surface area contributed by atoms with Crippen LogP contribution in [-0.2, 0) is 9.53 Å². The van der Waals surface area contributed by atoms with Gasteiger partial charge < -0.3 is 20.1 Å². The number of piperidine rings is 1. The smallest absolute Gasteiger partial charge is 0.241 e. The van der Waals surface area contributed by atoms with Crippen LogP contribution in [0.4, 0.5) is 0 Å². The average molecular weight is 306 g/mol. The first kappa shape index (κ1) is 16.8. The average Bonchev–Trinajstić information content (AvgIpc) is 2.51. The maximum absolute atomic E-state index is 12.1. The minimum absolute atomic E-state index is 0.0357. The minimum atomic E-state index is -0.567. The van der Waals surface area contributed by atoms with E-state index in [9.17, 15) is 4.79 Å². The van der Waals surface area contributed by atoms with Gasteiger partial charge in [-0.15, -0.1) is 0 Å². The SMILES string of the molecule is COCC(N)C(=O)N1CCC(Oc2ccc(C)c(C)c2)CC1. The Kier molecular flexibility index (Phi) is 5.80. The first-order valence-electron chi connectivity index (χ1n) is 7.78. The molecule has 1 unspecified atom stereocenters. The van der Waals surface area contributed by atoms with Crippen LogP contribution in [-0.4, -0.2) is 49.8 Å². The van der Waals surface area contributed by atoms with Gasteiger partial charge in [0.1, 0.15) is 17.9 Å². The molecule has 0 spiro atoms. The fourth-order valence-electron chi connectivity index (χ4n) is 2.66. The molecule has 0 aliphatic carbocycles. The highest BCUT2D eigenvalue weighted by Crippen LogP contribution is 2.22. The molecule has 1 aliphatic rings. The summed E-state index contributed by atoms with van der Waals surface area (Å²) in [6.45, 7) is 5.81. The molecule has 1 aromatic carbocycles. The van der Waals surface area contributed by atoms with E-state index in [1.54, 1.807) is 7.11 Å². The van der Waals surface area contributed by atoms with Crippen molar-refractivity contribution >= 4 is 5.91 Å². The second-order valence-corrected chi connectivity index (χ2v) is 5.95. The zero-order valence-corrected chi connectivity index (χ0v) is 13.7. The molecule has 1 heterocycles. The summed E-state index contributed by atoms with van der Waals surface area (Å²) < 4.78 is 11.0. The second-order valence-electron chi connectivity index (χ2n) is 5.95. The Labute approximate surface area is 132 Å². The molecule has 0 bridgehead atoms. The van der Waals surface area contributed by atoms with E-state index in [4.69, 9.17) is 15.2 Å². The molecule has 1 fully saturated rings. The number of amides is 1. The summed E-state index contributed by atoms with van der Waals surface area (Å²) in [6, 6.07) is 5.59. The molecule has 1 aromatic rings. The second kappa shape index (κ2) is 7.61. The molecule has 1 atom stereocenters. The molecule has 0 radical (unpaired) electrons. The lowest BCUT2D eigenvalue weighted by molar-refractivity contribution is -0.135. The van der Waals surface area contributed by atoms with Crippen molar-refractivity contribution in [2.24, 2.45) is 5.73 Å². The van der Waals surface area contributed by atoms with E-state index >= 15 is 0 Å². The van der Waals surface area contributed by atoms with E-state index in [0.29, 0.717) is 13.1 Å². The standard InChI is InChI=1S/C17H26N2O3/c1-12-4-5-15(10-13(12)2)22-14-6-8-19(9-7-14)17(20)16(18)11-21-3/h4-5,10,14,16H,6-9,11,18H2,1-3H3. The fourth-order valence-corrected chi connectivity index (χ4v) is 2.66. The van der Waals surface area contributed by atoms with Gasteiger partial charge in [-0.2, -0.15) is 0 Å². The lowest BCUT2D eigenvalue weighted by Gasteiger charge is -2.33. The number of likely N-dealkylation sites (tertiary alicyclic amines) is 1. The first-order valence-corrected chi connectivity index (χ1v) is 7.78. The third kappa shape index (κ3) is 4.21. The van der Waals surface area contributed by atoms with Gasteiger partial charge in [-0.25, -0.2) is 0 Å². The third-order valence-corrected chi connectivity index (χ3v) is 4.20. The summed E-state index contributed by atoms with van der Waals surface area (Å²) in [5.41, 5.74) is 8.30. The molecular weight excluding hydrogens is 280 g/mol. The summed E-state index contributed by atoms with van der Waals surface area (Å²) in [4.78, 5) is 13.9. The number of methoxy groups -OCH3 is 1. The van der Waals surface area contributed by atoms with Crippen LogP contribution in [0.25, 0.3) is 0 Å². The number of rotatable bonds is 5. The van der Waals surface area contributed by atoms with Gasteiger partial charge in [0.15, 0.2) is 0 Å². The van der Waals surface area contributed by atoms with Gasteiger partial charge in [0.05, 0.1) is 6.61 Å². The highest BCUT2D eigenvalue weighted by atomic mass is 16.5. The number of carbonyl (C=O) groups is 1. The molecule has 0 aromatic heterocycles. The molecule has 5 heteroatoms. The molecule has 5 nitrogen and oxygen atoms in total. The van der Waals surface area contributed by atoms with Crippen molar-refractivity contribution in [2.75, 3.05) is 26.8 Å². The van der Waals surface area contributed by atoms with Crippen LogP contribution >= 0.6 is 0 Å². The van der Waals surface area contributed by atoms with E-state index in [2.05, 4.69) is 26.0 Å². The molecule has 22 heavy (non-hydrogen) atoms. The highest BCUT2D eigenvalue weighted by Gasteiger charge is 2.27. The van der Waals surface area contributed by atoms with Crippen LogP contribution in [0.1, 0.15) is 24.0 Å². The Morgan fingerprint density at radius 2 is 2.00 bits per heavy atom. The molecule has 2 N–H and O–H groups in total. The van der Waals surface area contributed by atoms with Gasteiger partial charge in [-0.05, 0) is 37.1 Å². The van der Waals surface area contributed by atoms with Gasteiger partial charge >= 0.3 is 0 Å². The number of carbonyl (C=O) groups excluding carboxylic acids is 1. The number of hydrogen-bond donors (Lipinski definition) is 1. The lowest BCUT2D eigenvalue weighted by Crippen LogP contribution is -2.50.